The second-order valence-electron chi connectivity index (χ2n) is 6.94. The molecule has 2 aromatic heterocycles. The van der Waals surface area contributed by atoms with Crippen molar-refractivity contribution in [3.63, 3.8) is 0 Å². The van der Waals surface area contributed by atoms with E-state index >= 15 is 0 Å². The molecule has 8 heteroatoms. The summed E-state index contributed by atoms with van der Waals surface area (Å²) in [5, 5.41) is 8.02. The summed E-state index contributed by atoms with van der Waals surface area (Å²) in [6, 6.07) is 6.00. The van der Waals surface area contributed by atoms with Crippen LogP contribution in [0.5, 0.6) is 0 Å². The fraction of sp³-hybridized carbons (Fsp3) is 0.350. The number of carbonyl (C=O) groups excluding carboxylic acids is 2. The Bertz CT molecular complexity index is 1040. The average molecular weight is 380 g/mol. The molecule has 3 aromatic rings. The number of aryl methyl sites for hydroxylation is 2. The van der Waals surface area contributed by atoms with Crippen molar-refractivity contribution in [3.05, 3.63) is 53.2 Å². The molecule has 2 heterocycles. The molecule has 144 valence electrons. The standard InChI is InChI=1S/C20H20N4O4/c1-24-11-15(10-21-24)17(25)8-13-4-3-12-7-14(5-6-16(12)13)20-22-18(28-23-20)9-19(26)27-2/h5-7,10-11,13H,3-4,8-9H2,1-2H3/t13-/m0/s1. The smallest absolute Gasteiger partial charge is 0.315 e. The summed E-state index contributed by atoms with van der Waals surface area (Å²) in [5.41, 5.74) is 3.87. The third-order valence-electron chi connectivity index (χ3n) is 5.05. The fourth-order valence-corrected chi connectivity index (χ4v) is 3.60. The highest BCUT2D eigenvalue weighted by Gasteiger charge is 2.26. The molecular weight excluding hydrogens is 360 g/mol. The molecule has 8 nitrogen and oxygen atoms in total. The molecule has 0 saturated carbocycles. The molecule has 0 radical (unpaired) electrons. The van der Waals surface area contributed by atoms with Crippen molar-refractivity contribution >= 4 is 11.8 Å². The van der Waals surface area contributed by atoms with Crippen LogP contribution in [0.1, 0.15) is 46.1 Å². The lowest BCUT2D eigenvalue weighted by Crippen LogP contribution is -2.05. The Morgan fingerprint density at radius 2 is 2.21 bits per heavy atom. The van der Waals surface area contributed by atoms with E-state index in [4.69, 9.17) is 4.52 Å². The van der Waals surface area contributed by atoms with E-state index in [0.717, 1.165) is 18.4 Å². The molecule has 1 atom stereocenters. The fourth-order valence-electron chi connectivity index (χ4n) is 3.60. The van der Waals surface area contributed by atoms with Crippen LogP contribution in [0.3, 0.4) is 0 Å². The Hall–Kier alpha value is -3.29. The number of benzene rings is 1. The number of fused-ring (bicyclic) bond motifs is 1. The van der Waals surface area contributed by atoms with Crippen molar-refractivity contribution in [2.45, 2.75) is 31.6 Å². The van der Waals surface area contributed by atoms with Gasteiger partial charge < -0.3 is 9.26 Å². The first kappa shape index (κ1) is 18.1. The lowest BCUT2D eigenvalue weighted by atomic mass is 9.93. The van der Waals surface area contributed by atoms with Gasteiger partial charge in [-0.15, -0.1) is 0 Å². The van der Waals surface area contributed by atoms with Crippen molar-refractivity contribution in [1.82, 2.24) is 19.9 Å². The molecule has 0 bridgehead atoms. The van der Waals surface area contributed by atoms with Gasteiger partial charge in [0.15, 0.2) is 5.78 Å². The number of ether oxygens (including phenoxy) is 1. The van der Waals surface area contributed by atoms with Gasteiger partial charge >= 0.3 is 5.97 Å². The zero-order valence-electron chi connectivity index (χ0n) is 15.7. The predicted molar refractivity (Wildman–Crippen MR) is 98.7 cm³/mol. The lowest BCUT2D eigenvalue weighted by Gasteiger charge is -2.10. The van der Waals surface area contributed by atoms with Crippen LogP contribution in [0.4, 0.5) is 0 Å². The number of methoxy groups -OCH3 is 1. The van der Waals surface area contributed by atoms with Gasteiger partial charge in [-0.3, -0.25) is 14.3 Å². The van der Waals surface area contributed by atoms with Gasteiger partial charge in [0, 0.05) is 25.2 Å². The molecule has 1 aliphatic rings. The number of hydrogen-bond acceptors (Lipinski definition) is 7. The Morgan fingerprint density at radius 1 is 1.36 bits per heavy atom. The summed E-state index contributed by atoms with van der Waals surface area (Å²) < 4.78 is 11.4. The van der Waals surface area contributed by atoms with Crippen molar-refractivity contribution < 1.29 is 18.8 Å². The first-order valence-corrected chi connectivity index (χ1v) is 9.08. The second kappa shape index (κ2) is 7.38. The summed E-state index contributed by atoms with van der Waals surface area (Å²) >= 11 is 0. The first-order valence-electron chi connectivity index (χ1n) is 9.08. The molecule has 28 heavy (non-hydrogen) atoms. The van der Waals surface area contributed by atoms with Crippen LogP contribution in [-0.2, 0) is 29.4 Å². The quantitative estimate of drug-likeness (QED) is 0.478. The van der Waals surface area contributed by atoms with E-state index in [2.05, 4.69) is 20.0 Å². The van der Waals surface area contributed by atoms with Crippen LogP contribution in [-0.4, -0.2) is 38.8 Å². The summed E-state index contributed by atoms with van der Waals surface area (Å²) in [6.45, 7) is 0. The minimum absolute atomic E-state index is 0.0486. The maximum atomic E-state index is 12.5. The summed E-state index contributed by atoms with van der Waals surface area (Å²) in [7, 11) is 3.12. The lowest BCUT2D eigenvalue weighted by molar-refractivity contribution is -0.140. The average Bonchev–Trinajstić information content (AvgIpc) is 3.42. The van der Waals surface area contributed by atoms with Crippen molar-refractivity contribution in [2.75, 3.05) is 7.11 Å². The number of ketones is 1. The molecule has 0 amide bonds. The van der Waals surface area contributed by atoms with Crippen molar-refractivity contribution in [1.29, 1.82) is 0 Å². The molecule has 1 aromatic carbocycles. The third kappa shape index (κ3) is 3.58. The normalized spacial score (nSPS) is 15.4. The van der Waals surface area contributed by atoms with E-state index < -0.39 is 5.97 Å². The van der Waals surface area contributed by atoms with Gasteiger partial charge in [-0.05, 0) is 36.0 Å². The molecule has 4 rings (SSSR count). The van der Waals surface area contributed by atoms with Crippen LogP contribution in [0.15, 0.2) is 35.1 Å². The topological polar surface area (TPSA) is 100 Å². The Labute approximate surface area is 161 Å². The van der Waals surface area contributed by atoms with Gasteiger partial charge in [0.05, 0.1) is 18.9 Å². The molecule has 0 saturated heterocycles. The number of hydrogen-bond donors (Lipinski definition) is 0. The summed E-state index contributed by atoms with van der Waals surface area (Å²) in [5.74, 6) is 0.557. The highest BCUT2D eigenvalue weighted by atomic mass is 16.5. The molecule has 0 spiro atoms. The van der Waals surface area contributed by atoms with Gasteiger partial charge in [0.25, 0.3) is 0 Å². The third-order valence-corrected chi connectivity index (χ3v) is 5.05. The van der Waals surface area contributed by atoms with Gasteiger partial charge in [-0.1, -0.05) is 17.3 Å². The second-order valence-corrected chi connectivity index (χ2v) is 6.94. The number of Topliss-reactive ketones (excluding diaryl/α,β-unsaturated/α-hetero) is 1. The maximum absolute atomic E-state index is 12.5. The zero-order chi connectivity index (χ0) is 19.7. The molecule has 0 N–H and O–H groups in total. The SMILES string of the molecule is COC(=O)Cc1nc(-c2ccc3c(c2)CC[C@H]3CC(=O)c2cnn(C)c2)no1. The number of aromatic nitrogens is 4. The largest absolute Gasteiger partial charge is 0.469 e. The zero-order valence-corrected chi connectivity index (χ0v) is 15.7. The van der Waals surface area contributed by atoms with Gasteiger partial charge in [0.2, 0.25) is 11.7 Å². The summed E-state index contributed by atoms with van der Waals surface area (Å²) in [4.78, 5) is 28.1. The van der Waals surface area contributed by atoms with Crippen LogP contribution in [0.2, 0.25) is 0 Å². The van der Waals surface area contributed by atoms with E-state index in [1.165, 1.54) is 18.2 Å². The van der Waals surface area contributed by atoms with Crippen LogP contribution >= 0.6 is 0 Å². The number of carbonyl (C=O) groups is 2. The molecule has 0 aliphatic heterocycles. The van der Waals surface area contributed by atoms with Gasteiger partial charge in [0.1, 0.15) is 6.42 Å². The van der Waals surface area contributed by atoms with Crippen LogP contribution < -0.4 is 0 Å². The van der Waals surface area contributed by atoms with E-state index in [-0.39, 0.29) is 24.0 Å². The number of rotatable bonds is 6. The van der Waals surface area contributed by atoms with Crippen LogP contribution in [0.25, 0.3) is 11.4 Å². The minimum Gasteiger partial charge on any atom is -0.469 e. The first-order chi connectivity index (χ1) is 13.5. The number of esters is 1. The predicted octanol–water partition coefficient (Wildman–Crippen LogP) is 2.49. The summed E-state index contributed by atoms with van der Waals surface area (Å²) in [6.07, 6.45) is 5.63. The molecule has 1 aliphatic carbocycles. The molecular formula is C20H20N4O4. The number of nitrogens with zero attached hydrogens (tertiary/aromatic N) is 4. The van der Waals surface area contributed by atoms with E-state index in [0.29, 0.717) is 17.8 Å². The minimum atomic E-state index is -0.426. The maximum Gasteiger partial charge on any atom is 0.315 e. The van der Waals surface area contributed by atoms with Crippen LogP contribution in [0, 0.1) is 0 Å². The van der Waals surface area contributed by atoms with E-state index in [1.807, 2.05) is 18.2 Å². The molecule has 0 unspecified atom stereocenters. The van der Waals surface area contributed by atoms with Crippen molar-refractivity contribution in [2.24, 2.45) is 7.05 Å². The van der Waals surface area contributed by atoms with Gasteiger partial charge in [-0.2, -0.15) is 10.1 Å². The Morgan fingerprint density at radius 3 is 2.96 bits per heavy atom. The van der Waals surface area contributed by atoms with E-state index in [9.17, 15) is 9.59 Å². The van der Waals surface area contributed by atoms with Crippen molar-refractivity contribution in [3.8, 4) is 11.4 Å². The Kier molecular flexibility index (Phi) is 4.77. The monoisotopic (exact) mass is 380 g/mol. The molecule has 0 fully saturated rings. The Balaban J connectivity index is 1.49. The van der Waals surface area contributed by atoms with E-state index in [1.54, 1.807) is 24.1 Å². The van der Waals surface area contributed by atoms with Gasteiger partial charge in [-0.25, -0.2) is 0 Å². The highest BCUT2D eigenvalue weighted by Crippen LogP contribution is 2.38. The highest BCUT2D eigenvalue weighted by molar-refractivity contribution is 5.96.